The molecule has 3 aliphatic rings. The average molecular weight is 353 g/mol. The van der Waals surface area contributed by atoms with Crippen molar-refractivity contribution in [2.24, 2.45) is 11.8 Å². The van der Waals surface area contributed by atoms with Crippen molar-refractivity contribution in [2.75, 3.05) is 19.7 Å². The zero-order valence-electron chi connectivity index (χ0n) is 15.0. The van der Waals surface area contributed by atoms with Crippen molar-refractivity contribution in [1.82, 2.24) is 4.90 Å². The number of cyclic esters (lactones) is 1. The molecule has 0 unspecified atom stereocenters. The first kappa shape index (κ1) is 18.4. The van der Waals surface area contributed by atoms with Gasteiger partial charge in [0.25, 0.3) is 0 Å². The van der Waals surface area contributed by atoms with Gasteiger partial charge in [0.05, 0.1) is 18.8 Å². The van der Waals surface area contributed by atoms with E-state index < -0.39 is 29.6 Å². The van der Waals surface area contributed by atoms with E-state index in [2.05, 4.69) is 4.90 Å². The SMILES string of the molecule is C/C=C1/C[C@@H](C)[C@@](C)(O)C(=O)OC[C@H]2[C@H]3[C@@H](CCN3C[C@H]2O)OC1=O. The van der Waals surface area contributed by atoms with Crippen molar-refractivity contribution in [2.45, 2.75) is 57.5 Å². The Kier molecular flexibility index (Phi) is 4.92. The quantitative estimate of drug-likeness (QED) is 0.476. The number of hydrogen-bond donors (Lipinski definition) is 2. The minimum Gasteiger partial charge on any atom is -0.463 e. The number of nitrogens with zero attached hydrogens (tertiary/aromatic N) is 1. The van der Waals surface area contributed by atoms with Gasteiger partial charge < -0.3 is 19.7 Å². The van der Waals surface area contributed by atoms with E-state index in [0.29, 0.717) is 18.5 Å². The van der Waals surface area contributed by atoms with Crippen molar-refractivity contribution in [1.29, 1.82) is 0 Å². The molecule has 7 heteroatoms. The molecule has 0 aromatic heterocycles. The van der Waals surface area contributed by atoms with Crippen molar-refractivity contribution in [3.63, 3.8) is 0 Å². The summed E-state index contributed by atoms with van der Waals surface area (Å²) < 4.78 is 11.1. The lowest BCUT2D eigenvalue weighted by molar-refractivity contribution is -0.173. The summed E-state index contributed by atoms with van der Waals surface area (Å²) in [6.07, 6.45) is 1.63. The molecule has 0 amide bonds. The molecule has 7 nitrogen and oxygen atoms in total. The van der Waals surface area contributed by atoms with Gasteiger partial charge in [-0.3, -0.25) is 4.90 Å². The molecular formula is C18H27NO6. The second-order valence-electron chi connectivity index (χ2n) is 7.61. The van der Waals surface area contributed by atoms with Crippen LogP contribution in [0, 0.1) is 11.8 Å². The molecule has 0 saturated carbocycles. The Bertz CT molecular complexity index is 586. The minimum absolute atomic E-state index is 0.00849. The van der Waals surface area contributed by atoms with E-state index in [-0.39, 0.29) is 31.1 Å². The molecule has 6 atom stereocenters. The van der Waals surface area contributed by atoms with Crippen LogP contribution in [0.2, 0.25) is 0 Å². The maximum absolute atomic E-state index is 12.6. The van der Waals surface area contributed by atoms with Crippen LogP contribution >= 0.6 is 0 Å². The highest BCUT2D eigenvalue weighted by molar-refractivity contribution is 5.89. The highest BCUT2D eigenvalue weighted by Crippen LogP contribution is 2.37. The molecule has 0 aromatic rings. The van der Waals surface area contributed by atoms with Crippen molar-refractivity contribution in [3.8, 4) is 0 Å². The first-order valence-electron chi connectivity index (χ1n) is 8.93. The van der Waals surface area contributed by atoms with Gasteiger partial charge in [-0.1, -0.05) is 13.0 Å². The first-order valence-corrected chi connectivity index (χ1v) is 8.93. The molecule has 0 aliphatic carbocycles. The van der Waals surface area contributed by atoms with E-state index in [9.17, 15) is 19.8 Å². The highest BCUT2D eigenvalue weighted by atomic mass is 16.6. The molecule has 0 spiro atoms. The summed E-state index contributed by atoms with van der Waals surface area (Å²) in [5.74, 6) is -1.97. The number of carbonyl (C=O) groups excluding carboxylic acids is 2. The second kappa shape index (κ2) is 6.70. The molecule has 0 aromatic carbocycles. The largest absolute Gasteiger partial charge is 0.463 e. The first-order chi connectivity index (χ1) is 11.8. The predicted molar refractivity (Wildman–Crippen MR) is 88.5 cm³/mol. The maximum Gasteiger partial charge on any atom is 0.338 e. The van der Waals surface area contributed by atoms with Gasteiger partial charge in [0.15, 0.2) is 5.60 Å². The smallest absolute Gasteiger partial charge is 0.338 e. The van der Waals surface area contributed by atoms with Gasteiger partial charge in [-0.05, 0) is 32.6 Å². The van der Waals surface area contributed by atoms with Crippen LogP contribution in [-0.4, -0.2) is 70.6 Å². The summed E-state index contributed by atoms with van der Waals surface area (Å²) in [6, 6.07) is -0.161. The second-order valence-corrected chi connectivity index (χ2v) is 7.61. The molecule has 25 heavy (non-hydrogen) atoms. The summed E-state index contributed by atoms with van der Waals surface area (Å²) in [5.41, 5.74) is -1.28. The Balaban J connectivity index is 1.91. The Morgan fingerprint density at radius 2 is 2.08 bits per heavy atom. The standard InChI is InChI=1S/C18H27NO6/c1-4-11-7-10(2)18(3,23)17(22)24-9-12-13(20)8-19-6-5-14(15(12)19)25-16(11)21/h4,10,12-15,20,23H,5-9H2,1-3H3/b11-4-/t10-,12-,13-,14-,15+,18-/m1/s1. The third-order valence-electron chi connectivity index (χ3n) is 6.03. The Morgan fingerprint density at radius 3 is 2.76 bits per heavy atom. The van der Waals surface area contributed by atoms with Crippen LogP contribution in [0.25, 0.3) is 0 Å². The summed E-state index contributed by atoms with van der Waals surface area (Å²) in [4.78, 5) is 27.1. The van der Waals surface area contributed by atoms with Gasteiger partial charge in [0, 0.05) is 24.6 Å². The number of ether oxygens (including phenoxy) is 2. The number of aliphatic hydroxyl groups excluding tert-OH is 1. The van der Waals surface area contributed by atoms with Crippen LogP contribution < -0.4 is 0 Å². The van der Waals surface area contributed by atoms with Crippen LogP contribution in [0.5, 0.6) is 0 Å². The molecule has 0 radical (unpaired) electrons. The summed E-state index contributed by atoms with van der Waals surface area (Å²) in [5, 5.41) is 20.9. The molecule has 140 valence electrons. The van der Waals surface area contributed by atoms with Crippen molar-refractivity contribution < 1.29 is 29.3 Å². The zero-order chi connectivity index (χ0) is 18.4. The molecule has 2 N–H and O–H groups in total. The normalized spacial score (nSPS) is 44.7. The molecular weight excluding hydrogens is 326 g/mol. The maximum atomic E-state index is 12.6. The van der Waals surface area contributed by atoms with Gasteiger partial charge in [-0.15, -0.1) is 0 Å². The Morgan fingerprint density at radius 1 is 1.36 bits per heavy atom. The molecule has 3 fully saturated rings. The van der Waals surface area contributed by atoms with Gasteiger partial charge in [0.2, 0.25) is 0 Å². The van der Waals surface area contributed by atoms with Gasteiger partial charge >= 0.3 is 11.9 Å². The zero-order valence-corrected chi connectivity index (χ0v) is 15.0. The van der Waals surface area contributed by atoms with Gasteiger partial charge in [-0.2, -0.15) is 0 Å². The number of aliphatic hydroxyl groups is 2. The van der Waals surface area contributed by atoms with Gasteiger partial charge in [0.1, 0.15) is 6.10 Å². The Hall–Kier alpha value is -1.44. The average Bonchev–Trinajstić information content (AvgIpc) is 3.08. The molecule has 0 bridgehead atoms. The van der Waals surface area contributed by atoms with Crippen LogP contribution in [0.15, 0.2) is 11.6 Å². The van der Waals surface area contributed by atoms with Crippen molar-refractivity contribution >= 4 is 11.9 Å². The van der Waals surface area contributed by atoms with Crippen LogP contribution in [0.4, 0.5) is 0 Å². The number of esters is 2. The number of allylic oxidation sites excluding steroid dienone is 1. The van der Waals surface area contributed by atoms with Crippen molar-refractivity contribution in [3.05, 3.63) is 11.6 Å². The van der Waals surface area contributed by atoms with Gasteiger partial charge in [-0.25, -0.2) is 9.59 Å². The van der Waals surface area contributed by atoms with E-state index in [0.717, 1.165) is 6.54 Å². The fraction of sp³-hybridized carbons (Fsp3) is 0.778. The monoisotopic (exact) mass is 353 g/mol. The molecule has 3 aliphatic heterocycles. The third-order valence-corrected chi connectivity index (χ3v) is 6.03. The lowest BCUT2D eigenvalue weighted by Gasteiger charge is -2.32. The summed E-state index contributed by atoms with van der Waals surface area (Å²) in [6.45, 7) is 6.07. The Labute approximate surface area is 147 Å². The van der Waals surface area contributed by atoms with E-state index in [1.807, 2.05) is 0 Å². The topological polar surface area (TPSA) is 96.3 Å². The predicted octanol–water partition coefficient (Wildman–Crippen LogP) is 0.243. The number of carbonyl (C=O) groups is 2. The number of hydrogen-bond acceptors (Lipinski definition) is 7. The fourth-order valence-corrected chi connectivity index (χ4v) is 4.13. The fourth-order valence-electron chi connectivity index (χ4n) is 4.13. The van der Waals surface area contributed by atoms with E-state index in [4.69, 9.17) is 9.47 Å². The van der Waals surface area contributed by atoms with E-state index in [1.165, 1.54) is 6.92 Å². The summed E-state index contributed by atoms with van der Waals surface area (Å²) in [7, 11) is 0. The summed E-state index contributed by atoms with van der Waals surface area (Å²) >= 11 is 0. The van der Waals surface area contributed by atoms with Crippen LogP contribution in [0.1, 0.15) is 33.6 Å². The minimum atomic E-state index is -1.72. The van der Waals surface area contributed by atoms with Crippen LogP contribution in [-0.2, 0) is 19.1 Å². The lowest BCUT2D eigenvalue weighted by Crippen LogP contribution is -2.47. The van der Waals surface area contributed by atoms with E-state index >= 15 is 0 Å². The molecule has 3 heterocycles. The molecule has 3 rings (SSSR count). The van der Waals surface area contributed by atoms with E-state index in [1.54, 1.807) is 19.9 Å². The molecule has 3 saturated heterocycles. The highest BCUT2D eigenvalue weighted by Gasteiger charge is 2.51. The lowest BCUT2D eigenvalue weighted by atomic mass is 9.85. The van der Waals surface area contributed by atoms with Crippen LogP contribution in [0.3, 0.4) is 0 Å². The third kappa shape index (κ3) is 3.20. The number of rotatable bonds is 0.